The second kappa shape index (κ2) is 8.18. The maximum atomic E-state index is 11.8. The molecule has 1 aliphatic rings. The lowest BCUT2D eigenvalue weighted by Crippen LogP contribution is -2.19. The monoisotopic (exact) mass is 322 g/mol. The molecule has 0 N–H and O–H groups in total. The summed E-state index contributed by atoms with van der Waals surface area (Å²) >= 11 is 1.40. The molecule has 0 spiro atoms. The molecular formula is C15H22N4O2S. The number of esters is 1. The lowest BCUT2D eigenvalue weighted by atomic mass is 9.95. The number of nitrogens with zero attached hydrogens (tertiary/aromatic N) is 4. The van der Waals surface area contributed by atoms with Gasteiger partial charge in [0.25, 0.3) is 0 Å². The van der Waals surface area contributed by atoms with Crippen molar-refractivity contribution in [2.45, 2.75) is 68.8 Å². The molecule has 0 aliphatic heterocycles. The number of thioether (sulfide) groups is 1. The van der Waals surface area contributed by atoms with Crippen molar-refractivity contribution in [2.75, 3.05) is 6.61 Å². The van der Waals surface area contributed by atoms with Gasteiger partial charge in [0, 0.05) is 6.04 Å². The van der Waals surface area contributed by atoms with E-state index < -0.39 is 0 Å². The van der Waals surface area contributed by atoms with Gasteiger partial charge in [-0.2, -0.15) is 5.26 Å². The number of hydrogen-bond acceptors (Lipinski definition) is 6. The van der Waals surface area contributed by atoms with Crippen molar-refractivity contribution in [2.24, 2.45) is 0 Å². The number of rotatable bonds is 6. The Morgan fingerprint density at radius 1 is 1.45 bits per heavy atom. The van der Waals surface area contributed by atoms with Gasteiger partial charge >= 0.3 is 5.97 Å². The fourth-order valence-electron chi connectivity index (χ4n) is 2.74. The first-order valence-corrected chi connectivity index (χ1v) is 8.69. The first kappa shape index (κ1) is 16.8. The summed E-state index contributed by atoms with van der Waals surface area (Å²) < 4.78 is 7.08. The van der Waals surface area contributed by atoms with Crippen LogP contribution in [-0.2, 0) is 16.0 Å². The molecule has 1 heterocycles. The standard InChI is InChI=1S/C15H22N4O2S/c1-3-21-14(20)9-13-17-18-15(22-11(2)10-16)19(13)12-7-5-4-6-8-12/h11-12H,3-9H2,1-2H3/t11-/m0/s1. The third-order valence-electron chi connectivity index (χ3n) is 3.75. The molecule has 1 atom stereocenters. The van der Waals surface area contributed by atoms with Crippen LogP contribution in [0.15, 0.2) is 5.16 Å². The predicted molar refractivity (Wildman–Crippen MR) is 83.4 cm³/mol. The van der Waals surface area contributed by atoms with Crippen molar-refractivity contribution in [1.29, 1.82) is 5.26 Å². The van der Waals surface area contributed by atoms with E-state index in [1.807, 2.05) is 6.92 Å². The van der Waals surface area contributed by atoms with Gasteiger partial charge in [-0.15, -0.1) is 10.2 Å². The first-order chi connectivity index (χ1) is 10.7. The van der Waals surface area contributed by atoms with Gasteiger partial charge < -0.3 is 9.30 Å². The second-order valence-corrected chi connectivity index (χ2v) is 6.74. The topological polar surface area (TPSA) is 80.8 Å². The van der Waals surface area contributed by atoms with E-state index in [1.165, 1.54) is 31.0 Å². The second-order valence-electron chi connectivity index (χ2n) is 5.43. The van der Waals surface area contributed by atoms with Crippen molar-refractivity contribution < 1.29 is 9.53 Å². The minimum atomic E-state index is -0.281. The van der Waals surface area contributed by atoms with Crippen LogP contribution >= 0.6 is 11.8 Å². The van der Waals surface area contributed by atoms with E-state index in [9.17, 15) is 4.79 Å². The zero-order chi connectivity index (χ0) is 15.9. The Kier molecular flexibility index (Phi) is 6.25. The van der Waals surface area contributed by atoms with E-state index in [0.717, 1.165) is 18.0 Å². The summed E-state index contributed by atoms with van der Waals surface area (Å²) in [7, 11) is 0. The molecule has 0 aromatic carbocycles. The van der Waals surface area contributed by atoms with Crippen molar-refractivity contribution in [3.63, 3.8) is 0 Å². The van der Waals surface area contributed by atoms with E-state index in [2.05, 4.69) is 20.8 Å². The Balaban J connectivity index is 2.24. The molecule has 22 heavy (non-hydrogen) atoms. The Labute approximate surface area is 135 Å². The third kappa shape index (κ3) is 4.23. The molecular weight excluding hydrogens is 300 g/mol. The number of aromatic nitrogens is 3. The number of carbonyl (C=O) groups excluding carboxylic acids is 1. The predicted octanol–water partition coefficient (Wildman–Crippen LogP) is 2.89. The van der Waals surface area contributed by atoms with Crippen LogP contribution < -0.4 is 0 Å². The van der Waals surface area contributed by atoms with Gasteiger partial charge in [0.1, 0.15) is 12.2 Å². The zero-order valence-electron chi connectivity index (χ0n) is 13.1. The lowest BCUT2D eigenvalue weighted by Gasteiger charge is -2.25. The first-order valence-electron chi connectivity index (χ1n) is 7.81. The summed E-state index contributed by atoms with van der Waals surface area (Å²) in [6, 6.07) is 2.53. The molecule has 1 saturated carbocycles. The summed E-state index contributed by atoms with van der Waals surface area (Å²) in [5.74, 6) is 0.370. The number of ether oxygens (including phenoxy) is 1. The van der Waals surface area contributed by atoms with Crippen molar-refractivity contribution >= 4 is 17.7 Å². The molecule has 1 fully saturated rings. The maximum Gasteiger partial charge on any atom is 0.313 e. The van der Waals surface area contributed by atoms with Gasteiger partial charge in [0.05, 0.1) is 17.9 Å². The minimum Gasteiger partial charge on any atom is -0.466 e. The van der Waals surface area contributed by atoms with Crippen molar-refractivity contribution in [3.8, 4) is 6.07 Å². The normalized spacial score (nSPS) is 17.0. The molecule has 120 valence electrons. The summed E-state index contributed by atoms with van der Waals surface area (Å²) in [5.41, 5.74) is 0. The molecule has 2 rings (SSSR count). The van der Waals surface area contributed by atoms with E-state index >= 15 is 0 Å². The van der Waals surface area contributed by atoms with Crippen LogP contribution in [-0.4, -0.2) is 32.6 Å². The highest BCUT2D eigenvalue weighted by atomic mass is 32.2. The van der Waals surface area contributed by atoms with Gasteiger partial charge in [-0.1, -0.05) is 31.0 Å². The van der Waals surface area contributed by atoms with E-state index in [4.69, 9.17) is 10.00 Å². The quantitative estimate of drug-likeness (QED) is 0.592. The molecule has 0 saturated heterocycles. The van der Waals surface area contributed by atoms with Gasteiger partial charge in [-0.05, 0) is 26.7 Å². The lowest BCUT2D eigenvalue weighted by molar-refractivity contribution is -0.142. The molecule has 1 aromatic heterocycles. The highest BCUT2D eigenvalue weighted by Crippen LogP contribution is 2.33. The SMILES string of the molecule is CCOC(=O)Cc1nnc(S[C@@H](C)C#N)n1C1CCCCC1. The van der Waals surface area contributed by atoms with Crippen LogP contribution in [0.4, 0.5) is 0 Å². The summed E-state index contributed by atoms with van der Waals surface area (Å²) in [5, 5.41) is 18.0. The summed E-state index contributed by atoms with van der Waals surface area (Å²) in [6.07, 6.45) is 5.89. The average molecular weight is 322 g/mol. The van der Waals surface area contributed by atoms with Crippen molar-refractivity contribution in [1.82, 2.24) is 14.8 Å². The molecule has 1 aliphatic carbocycles. The van der Waals surface area contributed by atoms with Gasteiger partial charge in [-0.25, -0.2) is 0 Å². The molecule has 0 radical (unpaired) electrons. The van der Waals surface area contributed by atoms with Crippen molar-refractivity contribution in [3.05, 3.63) is 5.82 Å². The van der Waals surface area contributed by atoms with E-state index in [0.29, 0.717) is 18.5 Å². The Hall–Kier alpha value is -1.55. The summed E-state index contributed by atoms with van der Waals surface area (Å²) in [6.45, 7) is 4.00. The smallest absolute Gasteiger partial charge is 0.313 e. The van der Waals surface area contributed by atoms with E-state index in [-0.39, 0.29) is 17.6 Å². The third-order valence-corrected chi connectivity index (χ3v) is 4.69. The number of nitriles is 1. The van der Waals surface area contributed by atoms with Crippen LogP contribution in [0, 0.1) is 11.3 Å². The molecule has 0 amide bonds. The van der Waals surface area contributed by atoms with Crippen LogP contribution in [0.1, 0.15) is 57.8 Å². The van der Waals surface area contributed by atoms with Crippen LogP contribution in [0.3, 0.4) is 0 Å². The average Bonchev–Trinajstić information content (AvgIpc) is 2.90. The molecule has 1 aromatic rings. The number of hydrogen-bond donors (Lipinski definition) is 0. The molecule has 0 bridgehead atoms. The van der Waals surface area contributed by atoms with Gasteiger partial charge in [0.2, 0.25) is 0 Å². The van der Waals surface area contributed by atoms with E-state index in [1.54, 1.807) is 6.92 Å². The Morgan fingerprint density at radius 3 is 2.82 bits per heavy atom. The fourth-order valence-corrected chi connectivity index (χ4v) is 3.56. The van der Waals surface area contributed by atoms with Gasteiger partial charge in [0.15, 0.2) is 5.16 Å². The summed E-state index contributed by atoms with van der Waals surface area (Å²) in [4.78, 5) is 11.8. The van der Waals surface area contributed by atoms with Crippen LogP contribution in [0.5, 0.6) is 0 Å². The fraction of sp³-hybridized carbons (Fsp3) is 0.733. The Bertz CT molecular complexity index is 546. The largest absolute Gasteiger partial charge is 0.466 e. The van der Waals surface area contributed by atoms with Crippen LogP contribution in [0.2, 0.25) is 0 Å². The zero-order valence-corrected chi connectivity index (χ0v) is 13.9. The Morgan fingerprint density at radius 2 is 2.18 bits per heavy atom. The minimum absolute atomic E-state index is 0.138. The molecule has 6 nitrogen and oxygen atoms in total. The van der Waals surface area contributed by atoms with Gasteiger partial charge in [-0.3, -0.25) is 4.79 Å². The maximum absolute atomic E-state index is 11.8. The highest BCUT2D eigenvalue weighted by molar-refractivity contribution is 8.00. The molecule has 0 unspecified atom stereocenters. The molecule has 7 heteroatoms. The van der Waals surface area contributed by atoms with Crippen LogP contribution in [0.25, 0.3) is 0 Å². The number of carbonyl (C=O) groups is 1. The highest BCUT2D eigenvalue weighted by Gasteiger charge is 2.25.